The number of alkyl halides is 1. The molecule has 2 aromatic rings. The van der Waals surface area contributed by atoms with Crippen molar-refractivity contribution in [2.45, 2.75) is 12.5 Å². The van der Waals surface area contributed by atoms with Crippen molar-refractivity contribution in [3.05, 3.63) is 68.7 Å². The van der Waals surface area contributed by atoms with Crippen LogP contribution in [0, 0.1) is 10.1 Å². The average molecular weight is 312 g/mol. The summed E-state index contributed by atoms with van der Waals surface area (Å²) in [7, 11) is 0. The third-order valence-electron chi connectivity index (χ3n) is 2.71. The maximum Gasteiger partial charge on any atom is 0.270 e. The van der Waals surface area contributed by atoms with Gasteiger partial charge in [-0.25, -0.2) is 0 Å². The Morgan fingerprint density at radius 1 is 1.15 bits per heavy atom. The molecule has 0 heterocycles. The molecule has 0 amide bonds. The number of rotatable bonds is 5. The lowest BCUT2D eigenvalue weighted by Crippen LogP contribution is -1.99. The van der Waals surface area contributed by atoms with Crippen molar-refractivity contribution >= 4 is 28.9 Å². The zero-order valence-electron chi connectivity index (χ0n) is 10.4. The summed E-state index contributed by atoms with van der Waals surface area (Å²) in [6.07, 6.45) is 0. The van der Waals surface area contributed by atoms with E-state index in [1.54, 1.807) is 18.2 Å². The van der Waals surface area contributed by atoms with E-state index in [-0.39, 0.29) is 11.6 Å². The maximum absolute atomic E-state index is 10.7. The quantitative estimate of drug-likeness (QED) is 0.462. The van der Waals surface area contributed by atoms with Gasteiger partial charge < -0.3 is 4.74 Å². The van der Waals surface area contributed by atoms with Gasteiger partial charge in [0.15, 0.2) is 0 Å². The highest BCUT2D eigenvalue weighted by atomic mass is 35.5. The van der Waals surface area contributed by atoms with E-state index in [1.165, 1.54) is 12.1 Å². The van der Waals surface area contributed by atoms with Gasteiger partial charge in [0.1, 0.15) is 12.4 Å². The minimum atomic E-state index is -0.459. The van der Waals surface area contributed by atoms with Crippen LogP contribution in [0.25, 0.3) is 0 Å². The van der Waals surface area contributed by atoms with Crippen LogP contribution in [0.1, 0.15) is 11.1 Å². The second kappa shape index (κ2) is 6.59. The predicted octanol–water partition coefficient (Wildman–Crippen LogP) is 4.57. The summed E-state index contributed by atoms with van der Waals surface area (Å²) in [6.45, 7) is 0.346. The molecule has 0 bridgehead atoms. The van der Waals surface area contributed by atoms with Gasteiger partial charge in [-0.3, -0.25) is 10.1 Å². The van der Waals surface area contributed by atoms with Crippen LogP contribution in [0.5, 0.6) is 5.75 Å². The van der Waals surface area contributed by atoms with Gasteiger partial charge in [-0.15, -0.1) is 11.6 Å². The van der Waals surface area contributed by atoms with Gasteiger partial charge in [-0.05, 0) is 23.8 Å². The van der Waals surface area contributed by atoms with Gasteiger partial charge in [-0.1, -0.05) is 23.7 Å². The molecule has 0 aliphatic carbocycles. The molecular weight excluding hydrogens is 301 g/mol. The van der Waals surface area contributed by atoms with Crippen LogP contribution in [0.2, 0.25) is 5.02 Å². The van der Waals surface area contributed by atoms with E-state index in [2.05, 4.69) is 0 Å². The van der Waals surface area contributed by atoms with Gasteiger partial charge in [0.25, 0.3) is 5.69 Å². The molecule has 2 aromatic carbocycles. The SMILES string of the molecule is O=[N+]([O-])c1ccc(OCc2ccc(Cl)cc2)c(CCl)c1. The Balaban J connectivity index is 2.12. The van der Waals surface area contributed by atoms with Crippen molar-refractivity contribution in [1.29, 1.82) is 0 Å². The molecule has 0 fully saturated rings. The monoisotopic (exact) mass is 311 g/mol. The lowest BCUT2D eigenvalue weighted by Gasteiger charge is -2.10. The number of non-ortho nitro benzene ring substituents is 1. The number of nitro benzene ring substituents is 1. The van der Waals surface area contributed by atoms with E-state index < -0.39 is 4.92 Å². The molecule has 0 radical (unpaired) electrons. The Kier molecular flexibility index (Phi) is 4.82. The van der Waals surface area contributed by atoms with E-state index in [0.717, 1.165) is 5.56 Å². The van der Waals surface area contributed by atoms with Crippen molar-refractivity contribution in [2.24, 2.45) is 0 Å². The minimum Gasteiger partial charge on any atom is -0.489 e. The Morgan fingerprint density at radius 3 is 2.45 bits per heavy atom. The van der Waals surface area contributed by atoms with Crippen molar-refractivity contribution in [3.8, 4) is 5.75 Å². The summed E-state index contributed by atoms with van der Waals surface area (Å²) in [4.78, 5) is 10.2. The summed E-state index contributed by atoms with van der Waals surface area (Å²) < 4.78 is 5.64. The molecule has 0 spiro atoms. The molecule has 0 aliphatic heterocycles. The van der Waals surface area contributed by atoms with Crippen molar-refractivity contribution < 1.29 is 9.66 Å². The number of nitrogens with zero attached hydrogens (tertiary/aromatic N) is 1. The highest BCUT2D eigenvalue weighted by Crippen LogP contribution is 2.26. The van der Waals surface area contributed by atoms with Crippen LogP contribution in [0.15, 0.2) is 42.5 Å². The number of benzene rings is 2. The van der Waals surface area contributed by atoms with E-state index >= 15 is 0 Å². The molecule has 0 saturated heterocycles. The van der Waals surface area contributed by atoms with Gasteiger partial charge in [0, 0.05) is 22.7 Å². The van der Waals surface area contributed by atoms with Crippen molar-refractivity contribution in [2.75, 3.05) is 0 Å². The summed E-state index contributed by atoms with van der Waals surface area (Å²) in [5.41, 5.74) is 1.54. The standard InChI is InChI=1S/C14H11Cl2NO3/c15-8-11-7-13(17(18)19)5-6-14(11)20-9-10-1-3-12(16)4-2-10/h1-7H,8-9H2. The van der Waals surface area contributed by atoms with E-state index in [1.807, 2.05) is 12.1 Å². The summed E-state index contributed by atoms with van der Waals surface area (Å²) in [5, 5.41) is 11.4. The summed E-state index contributed by atoms with van der Waals surface area (Å²) in [5.74, 6) is 0.693. The number of nitro groups is 1. The van der Waals surface area contributed by atoms with Gasteiger partial charge in [0.05, 0.1) is 10.8 Å². The third-order valence-corrected chi connectivity index (χ3v) is 3.25. The minimum absolute atomic E-state index is 0.000470. The van der Waals surface area contributed by atoms with Gasteiger partial charge in [-0.2, -0.15) is 0 Å². The summed E-state index contributed by atoms with van der Waals surface area (Å²) >= 11 is 11.6. The number of ether oxygens (including phenoxy) is 1. The Morgan fingerprint density at radius 2 is 1.85 bits per heavy atom. The Hall–Kier alpha value is -1.78. The predicted molar refractivity (Wildman–Crippen MR) is 78.4 cm³/mol. The lowest BCUT2D eigenvalue weighted by molar-refractivity contribution is -0.384. The highest BCUT2D eigenvalue weighted by Gasteiger charge is 2.11. The van der Waals surface area contributed by atoms with E-state index in [4.69, 9.17) is 27.9 Å². The van der Waals surface area contributed by atoms with Crippen LogP contribution in [0.4, 0.5) is 5.69 Å². The first-order chi connectivity index (χ1) is 9.60. The number of hydrogen-bond donors (Lipinski definition) is 0. The molecule has 0 N–H and O–H groups in total. The van der Waals surface area contributed by atoms with Crippen molar-refractivity contribution in [3.63, 3.8) is 0 Å². The molecule has 104 valence electrons. The molecule has 0 aromatic heterocycles. The van der Waals surface area contributed by atoms with Crippen LogP contribution in [0.3, 0.4) is 0 Å². The topological polar surface area (TPSA) is 52.4 Å². The molecule has 0 aliphatic rings. The molecule has 4 nitrogen and oxygen atoms in total. The summed E-state index contributed by atoms with van der Waals surface area (Å²) in [6, 6.07) is 11.6. The second-order valence-electron chi connectivity index (χ2n) is 4.10. The first-order valence-electron chi connectivity index (χ1n) is 5.80. The molecule has 0 unspecified atom stereocenters. The van der Waals surface area contributed by atoms with Crippen LogP contribution < -0.4 is 4.74 Å². The molecule has 2 rings (SSSR count). The molecule has 20 heavy (non-hydrogen) atoms. The largest absolute Gasteiger partial charge is 0.489 e. The molecular formula is C14H11Cl2NO3. The normalized spacial score (nSPS) is 10.3. The van der Waals surface area contributed by atoms with Crippen molar-refractivity contribution in [1.82, 2.24) is 0 Å². The van der Waals surface area contributed by atoms with Crippen LogP contribution in [-0.4, -0.2) is 4.92 Å². The third kappa shape index (κ3) is 3.62. The zero-order chi connectivity index (χ0) is 14.5. The smallest absolute Gasteiger partial charge is 0.270 e. The first-order valence-corrected chi connectivity index (χ1v) is 6.72. The number of hydrogen-bond acceptors (Lipinski definition) is 3. The molecule has 0 atom stereocenters. The van der Waals surface area contributed by atoms with Crippen LogP contribution in [-0.2, 0) is 12.5 Å². The number of halogens is 2. The zero-order valence-corrected chi connectivity index (χ0v) is 11.9. The fourth-order valence-corrected chi connectivity index (χ4v) is 2.00. The average Bonchev–Trinajstić information content (AvgIpc) is 2.46. The van der Waals surface area contributed by atoms with Gasteiger partial charge in [0.2, 0.25) is 0 Å². The maximum atomic E-state index is 10.7. The van der Waals surface area contributed by atoms with Crippen LogP contribution >= 0.6 is 23.2 Å². The van der Waals surface area contributed by atoms with E-state index in [9.17, 15) is 10.1 Å². The Bertz CT molecular complexity index is 614. The fourth-order valence-electron chi connectivity index (χ4n) is 1.67. The lowest BCUT2D eigenvalue weighted by atomic mass is 10.2. The first kappa shape index (κ1) is 14.6. The molecule has 6 heteroatoms. The Labute approximate surface area is 126 Å². The second-order valence-corrected chi connectivity index (χ2v) is 4.80. The highest BCUT2D eigenvalue weighted by molar-refractivity contribution is 6.30. The molecule has 0 saturated carbocycles. The van der Waals surface area contributed by atoms with Gasteiger partial charge >= 0.3 is 0 Å². The fraction of sp³-hybridized carbons (Fsp3) is 0.143. The van der Waals surface area contributed by atoms with E-state index in [0.29, 0.717) is 22.9 Å².